The number of carbonyl (C=O) groups is 1. The summed E-state index contributed by atoms with van der Waals surface area (Å²) in [5.74, 6) is 1.13. The van der Waals surface area contributed by atoms with Crippen molar-refractivity contribution in [2.75, 3.05) is 13.7 Å². The molecule has 2 atom stereocenters. The summed E-state index contributed by atoms with van der Waals surface area (Å²) in [5.41, 5.74) is 3.53. The molecule has 6 nitrogen and oxygen atoms in total. The number of fused-ring (bicyclic) bond motifs is 3. The molecule has 0 N–H and O–H groups in total. The Hall–Kier alpha value is -3.32. The van der Waals surface area contributed by atoms with Crippen molar-refractivity contribution >= 4 is 23.0 Å². The Kier molecular flexibility index (Phi) is 5.11. The molecule has 7 heteroatoms. The molecule has 2 aliphatic rings. The molecule has 0 amide bonds. The second kappa shape index (κ2) is 8.07. The zero-order valence-electron chi connectivity index (χ0n) is 17.3. The molecule has 0 radical (unpaired) electrons. The van der Waals surface area contributed by atoms with Crippen LogP contribution in [0, 0.1) is 0 Å². The largest absolute Gasteiger partial charge is 0.490 e. The first-order valence-corrected chi connectivity index (χ1v) is 11.1. The van der Waals surface area contributed by atoms with E-state index < -0.39 is 6.23 Å². The third-order valence-corrected chi connectivity index (χ3v) is 6.42. The van der Waals surface area contributed by atoms with Crippen molar-refractivity contribution in [1.29, 1.82) is 0 Å². The first-order chi connectivity index (χ1) is 15.2. The maximum absolute atomic E-state index is 11.8. The fraction of sp³-hybridized carbons (Fsp3) is 0.250. The molecule has 1 aromatic heterocycles. The van der Waals surface area contributed by atoms with Crippen LogP contribution >= 0.6 is 11.3 Å². The van der Waals surface area contributed by atoms with E-state index >= 15 is 0 Å². The molecule has 0 saturated carbocycles. The minimum Gasteiger partial charge on any atom is -0.490 e. The zero-order valence-corrected chi connectivity index (χ0v) is 18.1. The second-order valence-corrected chi connectivity index (χ2v) is 8.26. The SMILES string of the molecule is CCOc1cccc2c1O[C@@H](c1ccc(C(=O)OC)cc1)N1N=C(c3cccs3)C[C@H]21. The first kappa shape index (κ1) is 19.6. The third-order valence-electron chi connectivity index (χ3n) is 5.50. The standard InChI is InChI=1S/C24H22N2O4S/c1-3-29-20-7-4-6-17-19-14-18(21-8-5-13-31-21)25-26(19)23(30-22(17)20)15-9-11-16(12-10-15)24(27)28-2/h4-13,19,23H,3,14H2,1-2H3/t19-,23+/m1/s1. The number of rotatable bonds is 5. The van der Waals surface area contributed by atoms with E-state index in [0.29, 0.717) is 12.2 Å². The van der Waals surface area contributed by atoms with Gasteiger partial charge < -0.3 is 14.2 Å². The molecule has 0 bridgehead atoms. The summed E-state index contributed by atoms with van der Waals surface area (Å²) in [6.45, 7) is 2.52. The average molecular weight is 435 g/mol. The molecule has 0 aliphatic carbocycles. The topological polar surface area (TPSA) is 60.4 Å². The molecule has 31 heavy (non-hydrogen) atoms. The number of hydrogen-bond acceptors (Lipinski definition) is 7. The van der Waals surface area contributed by atoms with E-state index in [4.69, 9.17) is 19.3 Å². The van der Waals surface area contributed by atoms with Crippen LogP contribution < -0.4 is 9.47 Å². The smallest absolute Gasteiger partial charge is 0.337 e. The van der Waals surface area contributed by atoms with Gasteiger partial charge in [0, 0.05) is 17.5 Å². The van der Waals surface area contributed by atoms with E-state index in [1.807, 2.05) is 42.3 Å². The normalized spacial score (nSPS) is 19.2. The van der Waals surface area contributed by atoms with Crippen molar-refractivity contribution < 1.29 is 19.0 Å². The minimum atomic E-state index is -0.428. The highest BCUT2D eigenvalue weighted by atomic mass is 32.1. The van der Waals surface area contributed by atoms with Gasteiger partial charge in [-0.25, -0.2) is 9.80 Å². The van der Waals surface area contributed by atoms with Gasteiger partial charge in [-0.2, -0.15) is 5.10 Å². The molecule has 2 aromatic carbocycles. The Bertz CT molecular complexity index is 1120. The van der Waals surface area contributed by atoms with Crippen molar-refractivity contribution in [3.63, 3.8) is 0 Å². The number of hydrazone groups is 1. The van der Waals surface area contributed by atoms with Gasteiger partial charge in [0.1, 0.15) is 0 Å². The van der Waals surface area contributed by atoms with Gasteiger partial charge in [0.05, 0.1) is 35.9 Å². The Morgan fingerprint density at radius 3 is 2.74 bits per heavy atom. The van der Waals surface area contributed by atoms with Crippen LogP contribution in [0.1, 0.15) is 52.0 Å². The minimum absolute atomic E-state index is 0.0477. The quantitative estimate of drug-likeness (QED) is 0.518. The summed E-state index contributed by atoms with van der Waals surface area (Å²) in [5, 5.41) is 9.05. The van der Waals surface area contributed by atoms with Gasteiger partial charge in [0.15, 0.2) is 11.5 Å². The molecule has 5 rings (SSSR count). The summed E-state index contributed by atoms with van der Waals surface area (Å²) in [4.78, 5) is 13.0. The number of ether oxygens (including phenoxy) is 3. The highest BCUT2D eigenvalue weighted by Gasteiger charge is 2.42. The number of methoxy groups -OCH3 is 1. The number of hydrogen-bond donors (Lipinski definition) is 0. The molecule has 3 heterocycles. The molecular formula is C24H22N2O4S. The lowest BCUT2D eigenvalue weighted by Crippen LogP contribution is -2.34. The maximum Gasteiger partial charge on any atom is 0.337 e. The van der Waals surface area contributed by atoms with E-state index in [9.17, 15) is 4.79 Å². The van der Waals surface area contributed by atoms with E-state index in [-0.39, 0.29) is 12.0 Å². The van der Waals surface area contributed by atoms with E-state index in [1.165, 1.54) is 7.11 Å². The van der Waals surface area contributed by atoms with Crippen LogP contribution in [0.25, 0.3) is 0 Å². The molecule has 3 aromatic rings. The lowest BCUT2D eigenvalue weighted by molar-refractivity contribution is -0.0212. The first-order valence-electron chi connectivity index (χ1n) is 10.2. The van der Waals surface area contributed by atoms with Gasteiger partial charge in [0.25, 0.3) is 0 Å². The van der Waals surface area contributed by atoms with Gasteiger partial charge in [-0.05, 0) is 36.6 Å². The number of thiophene rings is 1. The number of esters is 1. The molecule has 0 fully saturated rings. The van der Waals surface area contributed by atoms with Crippen LogP contribution in [0.4, 0.5) is 0 Å². The number of benzene rings is 2. The number of para-hydroxylation sites is 1. The average Bonchev–Trinajstić information content (AvgIpc) is 3.49. The molecule has 0 spiro atoms. The van der Waals surface area contributed by atoms with E-state index in [2.05, 4.69) is 17.5 Å². The van der Waals surface area contributed by atoms with Crippen molar-refractivity contribution in [1.82, 2.24) is 5.01 Å². The lowest BCUT2D eigenvalue weighted by Gasteiger charge is -2.38. The number of nitrogens with zero attached hydrogens (tertiary/aromatic N) is 2. The highest BCUT2D eigenvalue weighted by Crippen LogP contribution is 2.50. The predicted octanol–water partition coefficient (Wildman–Crippen LogP) is 5.18. The van der Waals surface area contributed by atoms with E-state index in [1.54, 1.807) is 23.5 Å². The highest BCUT2D eigenvalue weighted by molar-refractivity contribution is 7.12. The van der Waals surface area contributed by atoms with Gasteiger partial charge in [-0.1, -0.05) is 30.3 Å². The summed E-state index contributed by atoms with van der Waals surface area (Å²) in [6, 6.07) is 17.5. The van der Waals surface area contributed by atoms with Crippen LogP contribution in [-0.2, 0) is 4.74 Å². The monoisotopic (exact) mass is 434 g/mol. The molecule has 0 saturated heterocycles. The van der Waals surface area contributed by atoms with Gasteiger partial charge >= 0.3 is 5.97 Å². The molecule has 0 unspecified atom stereocenters. The fourth-order valence-electron chi connectivity index (χ4n) is 4.07. The van der Waals surface area contributed by atoms with Crippen molar-refractivity contribution in [3.8, 4) is 11.5 Å². The van der Waals surface area contributed by atoms with Crippen molar-refractivity contribution in [2.24, 2.45) is 5.10 Å². The molecular weight excluding hydrogens is 412 g/mol. The third kappa shape index (κ3) is 3.45. The summed E-state index contributed by atoms with van der Waals surface area (Å²) >= 11 is 1.69. The van der Waals surface area contributed by atoms with Crippen LogP contribution in [0.3, 0.4) is 0 Å². The van der Waals surface area contributed by atoms with E-state index in [0.717, 1.165) is 39.6 Å². The van der Waals surface area contributed by atoms with Gasteiger partial charge in [0.2, 0.25) is 6.23 Å². The Balaban J connectivity index is 1.57. The summed E-state index contributed by atoms with van der Waals surface area (Å²) in [6.07, 6.45) is 0.367. The van der Waals surface area contributed by atoms with Crippen LogP contribution in [0.5, 0.6) is 11.5 Å². The number of carbonyl (C=O) groups excluding carboxylic acids is 1. The molecule has 2 aliphatic heterocycles. The van der Waals surface area contributed by atoms with Crippen LogP contribution in [0.2, 0.25) is 0 Å². The molecule has 158 valence electrons. The predicted molar refractivity (Wildman–Crippen MR) is 119 cm³/mol. The van der Waals surface area contributed by atoms with Crippen molar-refractivity contribution in [2.45, 2.75) is 25.6 Å². The summed E-state index contributed by atoms with van der Waals surface area (Å²) in [7, 11) is 1.38. The second-order valence-electron chi connectivity index (χ2n) is 7.32. The Morgan fingerprint density at radius 2 is 2.03 bits per heavy atom. The summed E-state index contributed by atoms with van der Waals surface area (Å²) < 4.78 is 17.2. The van der Waals surface area contributed by atoms with Crippen LogP contribution in [-0.4, -0.2) is 30.4 Å². The van der Waals surface area contributed by atoms with Crippen LogP contribution in [0.15, 0.2) is 65.1 Å². The zero-order chi connectivity index (χ0) is 21.4. The Labute approximate surface area is 184 Å². The lowest BCUT2D eigenvalue weighted by atomic mass is 9.97. The Morgan fingerprint density at radius 1 is 1.19 bits per heavy atom. The van der Waals surface area contributed by atoms with Gasteiger partial charge in [-0.3, -0.25) is 0 Å². The fourth-order valence-corrected chi connectivity index (χ4v) is 4.79. The maximum atomic E-state index is 11.8. The van der Waals surface area contributed by atoms with Crippen molar-refractivity contribution in [3.05, 3.63) is 81.5 Å². The van der Waals surface area contributed by atoms with Gasteiger partial charge in [-0.15, -0.1) is 11.3 Å².